The van der Waals surface area contributed by atoms with E-state index in [0.29, 0.717) is 17.9 Å². The lowest BCUT2D eigenvalue weighted by atomic mass is 10.2. The van der Waals surface area contributed by atoms with Crippen molar-refractivity contribution in [3.8, 4) is 0 Å². The van der Waals surface area contributed by atoms with E-state index in [1.165, 1.54) is 6.20 Å². The van der Waals surface area contributed by atoms with Crippen LogP contribution in [0.1, 0.15) is 15.9 Å². The van der Waals surface area contributed by atoms with Crippen LogP contribution in [0.5, 0.6) is 0 Å². The van der Waals surface area contributed by atoms with E-state index in [4.69, 9.17) is 11.6 Å². The number of halogens is 2. The normalized spacial score (nSPS) is 10.5. The average Bonchev–Trinajstić information content (AvgIpc) is 2.97. The third-order valence-corrected chi connectivity index (χ3v) is 4.04. The van der Waals surface area contributed by atoms with Crippen molar-refractivity contribution in [2.45, 2.75) is 6.54 Å². The maximum Gasteiger partial charge on any atom is 0.259 e. The van der Waals surface area contributed by atoms with Gasteiger partial charge in [-0.05, 0) is 29.8 Å². The number of nitrogens with one attached hydrogen (secondary N) is 1. The summed E-state index contributed by atoms with van der Waals surface area (Å²) in [5.41, 5.74) is 1.40. The molecular weight excluding hydrogens is 380 g/mol. The van der Waals surface area contributed by atoms with E-state index in [-0.39, 0.29) is 11.1 Å². The molecule has 2 aromatic heterocycles. The zero-order valence-corrected chi connectivity index (χ0v) is 14.3. The van der Waals surface area contributed by atoms with Crippen LogP contribution in [-0.2, 0) is 6.54 Å². The van der Waals surface area contributed by atoms with Crippen molar-refractivity contribution in [2.75, 3.05) is 5.32 Å². The first-order chi connectivity index (χ1) is 11.1. The molecule has 0 aliphatic carbocycles. The van der Waals surface area contributed by atoms with Gasteiger partial charge in [-0.2, -0.15) is 5.10 Å². The second-order valence-electron chi connectivity index (χ2n) is 4.80. The van der Waals surface area contributed by atoms with E-state index in [1.807, 2.05) is 24.3 Å². The van der Waals surface area contributed by atoms with Gasteiger partial charge in [0, 0.05) is 16.7 Å². The standard InChI is InChI=1S/C16H12BrClN4O/c17-12-5-3-11(4-6-12)10-22-14(7-9-20-22)21-16(23)13-2-1-8-19-15(13)18/h1-9H,10H2,(H,21,23). The van der Waals surface area contributed by atoms with Gasteiger partial charge in [0.25, 0.3) is 5.91 Å². The molecule has 5 nitrogen and oxygen atoms in total. The highest BCUT2D eigenvalue weighted by atomic mass is 79.9. The first-order valence-electron chi connectivity index (χ1n) is 6.81. The number of anilines is 1. The van der Waals surface area contributed by atoms with Crippen LogP contribution in [0.3, 0.4) is 0 Å². The number of pyridine rings is 1. The van der Waals surface area contributed by atoms with Gasteiger partial charge in [0.05, 0.1) is 18.3 Å². The number of benzene rings is 1. The Hall–Kier alpha value is -2.18. The van der Waals surface area contributed by atoms with Gasteiger partial charge in [0.15, 0.2) is 0 Å². The molecule has 0 saturated carbocycles. The monoisotopic (exact) mass is 390 g/mol. The van der Waals surface area contributed by atoms with Gasteiger partial charge in [0.2, 0.25) is 0 Å². The fourth-order valence-electron chi connectivity index (χ4n) is 2.07. The zero-order valence-electron chi connectivity index (χ0n) is 11.9. The summed E-state index contributed by atoms with van der Waals surface area (Å²) < 4.78 is 2.73. The predicted octanol–water partition coefficient (Wildman–Crippen LogP) is 3.99. The Bertz CT molecular complexity index is 832. The fourth-order valence-corrected chi connectivity index (χ4v) is 2.54. The minimum atomic E-state index is -0.319. The first kappa shape index (κ1) is 15.7. The first-order valence-corrected chi connectivity index (χ1v) is 7.99. The molecule has 3 rings (SSSR count). The quantitative estimate of drug-likeness (QED) is 0.684. The topological polar surface area (TPSA) is 59.8 Å². The van der Waals surface area contributed by atoms with Crippen LogP contribution in [-0.4, -0.2) is 20.7 Å². The summed E-state index contributed by atoms with van der Waals surface area (Å²) in [7, 11) is 0. The van der Waals surface area contributed by atoms with Crippen molar-refractivity contribution in [1.82, 2.24) is 14.8 Å². The Morgan fingerprint density at radius 1 is 1.17 bits per heavy atom. The summed E-state index contributed by atoms with van der Waals surface area (Å²) in [6, 6.07) is 12.9. The highest BCUT2D eigenvalue weighted by Crippen LogP contribution is 2.17. The molecule has 0 unspecified atom stereocenters. The fraction of sp³-hybridized carbons (Fsp3) is 0.0625. The molecule has 1 amide bonds. The number of hydrogen-bond acceptors (Lipinski definition) is 3. The molecule has 1 aromatic carbocycles. The lowest BCUT2D eigenvalue weighted by Crippen LogP contribution is -2.16. The molecule has 23 heavy (non-hydrogen) atoms. The molecule has 1 N–H and O–H groups in total. The van der Waals surface area contributed by atoms with Crippen LogP contribution in [0.25, 0.3) is 0 Å². The number of rotatable bonds is 4. The van der Waals surface area contributed by atoms with Gasteiger partial charge < -0.3 is 5.32 Å². The molecule has 0 aliphatic rings. The molecule has 0 atom stereocenters. The Kier molecular flexibility index (Phi) is 4.73. The summed E-state index contributed by atoms with van der Waals surface area (Å²) in [4.78, 5) is 16.2. The van der Waals surface area contributed by atoms with Gasteiger partial charge in [-0.1, -0.05) is 39.7 Å². The third kappa shape index (κ3) is 3.78. The molecule has 116 valence electrons. The van der Waals surface area contributed by atoms with Crippen LogP contribution in [0.15, 0.2) is 59.3 Å². The van der Waals surface area contributed by atoms with Crippen molar-refractivity contribution < 1.29 is 4.79 Å². The SMILES string of the molecule is O=C(Nc1ccnn1Cc1ccc(Br)cc1)c1cccnc1Cl. The van der Waals surface area contributed by atoms with E-state index in [2.05, 4.69) is 31.3 Å². The van der Waals surface area contributed by atoms with E-state index in [0.717, 1.165) is 10.0 Å². The summed E-state index contributed by atoms with van der Waals surface area (Å²) >= 11 is 9.35. The molecule has 2 heterocycles. The lowest BCUT2D eigenvalue weighted by Gasteiger charge is -2.09. The minimum Gasteiger partial charge on any atom is -0.307 e. The van der Waals surface area contributed by atoms with Crippen LogP contribution >= 0.6 is 27.5 Å². The summed E-state index contributed by atoms with van der Waals surface area (Å²) in [6.45, 7) is 0.552. The molecule has 0 spiro atoms. The Morgan fingerprint density at radius 2 is 1.96 bits per heavy atom. The van der Waals surface area contributed by atoms with E-state index >= 15 is 0 Å². The molecular formula is C16H12BrClN4O. The van der Waals surface area contributed by atoms with Crippen LogP contribution in [0, 0.1) is 0 Å². The van der Waals surface area contributed by atoms with Crippen LogP contribution in [0.4, 0.5) is 5.82 Å². The number of amides is 1. The van der Waals surface area contributed by atoms with Crippen LogP contribution in [0.2, 0.25) is 5.15 Å². The van der Waals surface area contributed by atoms with E-state index in [1.54, 1.807) is 29.1 Å². The number of carbonyl (C=O) groups is 1. The van der Waals surface area contributed by atoms with Gasteiger partial charge in [-0.25, -0.2) is 9.67 Å². The minimum absolute atomic E-state index is 0.170. The molecule has 0 radical (unpaired) electrons. The number of carbonyl (C=O) groups excluding carboxylic acids is 1. The van der Waals surface area contributed by atoms with E-state index < -0.39 is 0 Å². The van der Waals surface area contributed by atoms with Crippen molar-refractivity contribution in [3.63, 3.8) is 0 Å². The number of aromatic nitrogens is 3. The Labute approximate surface area is 146 Å². The maximum atomic E-state index is 12.3. The Balaban J connectivity index is 1.77. The molecule has 7 heteroatoms. The second-order valence-corrected chi connectivity index (χ2v) is 6.07. The summed E-state index contributed by atoms with van der Waals surface area (Å²) in [6.07, 6.45) is 3.18. The molecule has 0 fully saturated rings. The molecule has 0 aliphatic heterocycles. The molecule has 0 saturated heterocycles. The maximum absolute atomic E-state index is 12.3. The molecule has 3 aromatic rings. The zero-order chi connectivity index (χ0) is 16.2. The van der Waals surface area contributed by atoms with Gasteiger partial charge in [0.1, 0.15) is 11.0 Å². The van der Waals surface area contributed by atoms with Gasteiger partial charge >= 0.3 is 0 Å². The van der Waals surface area contributed by atoms with Crippen molar-refractivity contribution in [3.05, 3.63) is 75.6 Å². The predicted molar refractivity (Wildman–Crippen MR) is 92.7 cm³/mol. The van der Waals surface area contributed by atoms with Crippen molar-refractivity contribution >= 4 is 39.3 Å². The third-order valence-electron chi connectivity index (χ3n) is 3.21. The summed E-state index contributed by atoms with van der Waals surface area (Å²) in [5, 5.41) is 7.22. The second kappa shape index (κ2) is 6.93. The highest BCUT2D eigenvalue weighted by molar-refractivity contribution is 9.10. The smallest absolute Gasteiger partial charge is 0.259 e. The highest BCUT2D eigenvalue weighted by Gasteiger charge is 2.13. The molecule has 0 bridgehead atoms. The largest absolute Gasteiger partial charge is 0.307 e. The average molecular weight is 392 g/mol. The van der Waals surface area contributed by atoms with Crippen LogP contribution < -0.4 is 5.32 Å². The van der Waals surface area contributed by atoms with Gasteiger partial charge in [-0.3, -0.25) is 4.79 Å². The van der Waals surface area contributed by atoms with Crippen molar-refractivity contribution in [1.29, 1.82) is 0 Å². The summed E-state index contributed by atoms with van der Waals surface area (Å²) in [5.74, 6) is 0.276. The Morgan fingerprint density at radius 3 is 2.70 bits per heavy atom. The number of hydrogen-bond donors (Lipinski definition) is 1. The van der Waals surface area contributed by atoms with E-state index in [9.17, 15) is 4.79 Å². The van der Waals surface area contributed by atoms with Crippen molar-refractivity contribution in [2.24, 2.45) is 0 Å². The lowest BCUT2D eigenvalue weighted by molar-refractivity contribution is 0.102. The van der Waals surface area contributed by atoms with Gasteiger partial charge in [-0.15, -0.1) is 0 Å². The number of nitrogens with zero attached hydrogens (tertiary/aromatic N) is 3.